The van der Waals surface area contributed by atoms with E-state index in [9.17, 15) is 9.59 Å². The van der Waals surface area contributed by atoms with Gasteiger partial charge in [0.1, 0.15) is 11.5 Å². The van der Waals surface area contributed by atoms with Gasteiger partial charge in [0.05, 0.1) is 12.7 Å². The van der Waals surface area contributed by atoms with Gasteiger partial charge in [-0.25, -0.2) is 4.79 Å². The van der Waals surface area contributed by atoms with E-state index in [1.807, 2.05) is 13.8 Å². The first-order valence-electron chi connectivity index (χ1n) is 7.30. The summed E-state index contributed by atoms with van der Waals surface area (Å²) in [6, 6.07) is 6.55. The highest BCUT2D eigenvalue weighted by molar-refractivity contribution is 6.21. The molecule has 0 fully saturated rings. The van der Waals surface area contributed by atoms with Gasteiger partial charge in [0.2, 0.25) is 0 Å². The van der Waals surface area contributed by atoms with Gasteiger partial charge in [-0.1, -0.05) is 19.0 Å². The minimum absolute atomic E-state index is 0.0471. The van der Waals surface area contributed by atoms with Gasteiger partial charge in [-0.05, 0) is 60.4 Å². The topological polar surface area (TPSA) is 65.0 Å². The molecule has 0 atom stereocenters. The van der Waals surface area contributed by atoms with Gasteiger partial charge >= 0.3 is 5.97 Å². The van der Waals surface area contributed by atoms with Crippen molar-refractivity contribution in [2.45, 2.75) is 20.8 Å². The first kappa shape index (κ1) is 16.7. The summed E-state index contributed by atoms with van der Waals surface area (Å²) in [5.41, 5.74) is 2.19. The van der Waals surface area contributed by atoms with Gasteiger partial charge in [0.25, 0.3) is 0 Å². The lowest BCUT2D eigenvalue weighted by Crippen LogP contribution is -2.16. The van der Waals surface area contributed by atoms with Crippen LogP contribution in [0, 0.1) is 5.92 Å². The number of methoxy groups -OCH3 is 1. The highest BCUT2D eigenvalue weighted by Crippen LogP contribution is 2.20. The SMILES string of the molecule is COc1ccc(C(=O)O/N=C2\C=C(C)C(=O)C=C2C(C)C)cc1. The minimum atomic E-state index is -0.564. The Balaban J connectivity index is 2.18. The van der Waals surface area contributed by atoms with Crippen LogP contribution in [0.1, 0.15) is 31.1 Å². The number of ketones is 1. The number of nitrogens with zero attached hydrogens (tertiary/aromatic N) is 1. The van der Waals surface area contributed by atoms with Crippen molar-refractivity contribution < 1.29 is 19.2 Å². The molecule has 0 aromatic heterocycles. The molecule has 2 rings (SSSR count). The van der Waals surface area contributed by atoms with Gasteiger partial charge < -0.3 is 9.57 Å². The molecule has 0 bridgehead atoms. The van der Waals surface area contributed by atoms with Crippen LogP contribution in [-0.4, -0.2) is 24.6 Å². The van der Waals surface area contributed by atoms with Crippen LogP contribution < -0.4 is 4.74 Å². The zero-order valence-corrected chi connectivity index (χ0v) is 13.6. The first-order chi connectivity index (χ1) is 10.9. The van der Waals surface area contributed by atoms with E-state index in [-0.39, 0.29) is 11.7 Å². The van der Waals surface area contributed by atoms with Crippen LogP contribution in [0.15, 0.2) is 52.7 Å². The fraction of sp³-hybridized carbons (Fsp3) is 0.278. The Bertz CT molecular complexity index is 709. The third kappa shape index (κ3) is 3.94. The number of carbonyl (C=O) groups excluding carboxylic acids is 2. The molecular weight excluding hydrogens is 294 g/mol. The maximum atomic E-state index is 12.0. The van der Waals surface area contributed by atoms with Crippen molar-refractivity contribution in [1.82, 2.24) is 0 Å². The molecule has 1 aliphatic rings. The third-order valence-electron chi connectivity index (χ3n) is 3.50. The predicted molar refractivity (Wildman–Crippen MR) is 87.5 cm³/mol. The van der Waals surface area contributed by atoms with Gasteiger partial charge in [-0.3, -0.25) is 4.79 Å². The lowest BCUT2D eigenvalue weighted by molar-refractivity contribution is -0.111. The molecule has 0 unspecified atom stereocenters. The Morgan fingerprint density at radius 1 is 1.13 bits per heavy atom. The molecule has 1 aromatic rings. The van der Waals surface area contributed by atoms with Crippen molar-refractivity contribution in [2.24, 2.45) is 11.1 Å². The number of oxime groups is 1. The number of hydrogen-bond donors (Lipinski definition) is 0. The lowest BCUT2D eigenvalue weighted by atomic mass is 9.90. The molecule has 0 spiro atoms. The van der Waals surface area contributed by atoms with Crippen molar-refractivity contribution in [1.29, 1.82) is 0 Å². The number of allylic oxidation sites excluding steroid dienone is 4. The van der Waals surface area contributed by atoms with E-state index in [4.69, 9.17) is 9.57 Å². The average Bonchev–Trinajstić information content (AvgIpc) is 2.55. The van der Waals surface area contributed by atoms with E-state index >= 15 is 0 Å². The summed E-state index contributed by atoms with van der Waals surface area (Å²) in [5, 5.41) is 3.93. The number of benzene rings is 1. The van der Waals surface area contributed by atoms with Crippen molar-refractivity contribution in [2.75, 3.05) is 7.11 Å². The Morgan fingerprint density at radius 2 is 1.78 bits per heavy atom. The van der Waals surface area contributed by atoms with Crippen molar-refractivity contribution in [3.8, 4) is 5.75 Å². The van der Waals surface area contributed by atoms with Gasteiger partial charge in [-0.2, -0.15) is 0 Å². The monoisotopic (exact) mass is 313 g/mol. The quantitative estimate of drug-likeness (QED) is 0.486. The summed E-state index contributed by atoms with van der Waals surface area (Å²) in [7, 11) is 1.55. The average molecular weight is 313 g/mol. The molecule has 0 saturated heterocycles. The molecular formula is C18H19NO4. The number of hydrogen-bond acceptors (Lipinski definition) is 5. The van der Waals surface area contributed by atoms with Crippen LogP contribution in [0.5, 0.6) is 5.75 Å². The zero-order chi connectivity index (χ0) is 17.0. The van der Waals surface area contributed by atoms with E-state index in [2.05, 4.69) is 5.16 Å². The maximum Gasteiger partial charge on any atom is 0.365 e. The second-order valence-corrected chi connectivity index (χ2v) is 5.53. The Hall–Kier alpha value is -2.69. The van der Waals surface area contributed by atoms with Crippen LogP contribution >= 0.6 is 0 Å². The summed E-state index contributed by atoms with van der Waals surface area (Å²) < 4.78 is 5.04. The summed E-state index contributed by atoms with van der Waals surface area (Å²) in [6.45, 7) is 5.61. The largest absolute Gasteiger partial charge is 0.497 e. The highest BCUT2D eigenvalue weighted by atomic mass is 16.7. The molecule has 0 heterocycles. The first-order valence-corrected chi connectivity index (χ1v) is 7.30. The number of carbonyl (C=O) groups is 2. The van der Waals surface area contributed by atoms with Crippen LogP contribution in [0.2, 0.25) is 0 Å². The molecule has 5 heteroatoms. The van der Waals surface area contributed by atoms with Crippen LogP contribution in [0.3, 0.4) is 0 Å². The molecule has 120 valence electrons. The van der Waals surface area contributed by atoms with E-state index in [1.165, 1.54) is 0 Å². The summed E-state index contributed by atoms with van der Waals surface area (Å²) in [5.74, 6) is 0.143. The Labute approximate surface area is 135 Å². The van der Waals surface area contributed by atoms with Gasteiger partial charge in [0, 0.05) is 0 Å². The third-order valence-corrected chi connectivity index (χ3v) is 3.50. The molecule has 23 heavy (non-hydrogen) atoms. The van der Waals surface area contributed by atoms with Gasteiger partial charge in [0.15, 0.2) is 5.78 Å². The molecule has 0 aliphatic heterocycles. The molecule has 0 radical (unpaired) electrons. The molecule has 1 aliphatic carbocycles. The Kier molecular flexibility index (Phi) is 5.11. The second-order valence-electron chi connectivity index (χ2n) is 5.53. The van der Waals surface area contributed by atoms with Crippen molar-refractivity contribution >= 4 is 17.5 Å². The van der Waals surface area contributed by atoms with Crippen LogP contribution in [-0.2, 0) is 9.63 Å². The fourth-order valence-electron chi connectivity index (χ4n) is 2.10. The highest BCUT2D eigenvalue weighted by Gasteiger charge is 2.19. The lowest BCUT2D eigenvalue weighted by Gasteiger charge is -2.15. The smallest absolute Gasteiger partial charge is 0.365 e. The predicted octanol–water partition coefficient (Wildman–Crippen LogP) is 3.32. The fourth-order valence-corrected chi connectivity index (χ4v) is 2.10. The molecule has 1 aromatic carbocycles. The summed E-state index contributed by atoms with van der Waals surface area (Å²) in [4.78, 5) is 28.8. The Morgan fingerprint density at radius 3 is 2.35 bits per heavy atom. The van der Waals surface area contributed by atoms with E-state index in [0.717, 1.165) is 5.57 Å². The summed E-state index contributed by atoms with van der Waals surface area (Å²) >= 11 is 0. The van der Waals surface area contributed by atoms with Crippen molar-refractivity contribution in [3.05, 3.63) is 53.1 Å². The van der Waals surface area contributed by atoms with Gasteiger partial charge in [-0.15, -0.1) is 0 Å². The van der Waals surface area contributed by atoms with E-state index in [1.54, 1.807) is 50.5 Å². The standard InChI is InChI=1S/C18H19NO4/c1-11(2)15-10-17(20)12(3)9-16(15)19-23-18(21)13-5-7-14(22-4)8-6-13/h5-11H,1-4H3/b19-16+. The molecule has 5 nitrogen and oxygen atoms in total. The number of ether oxygens (including phenoxy) is 1. The van der Waals surface area contributed by atoms with E-state index < -0.39 is 5.97 Å². The van der Waals surface area contributed by atoms with Crippen LogP contribution in [0.4, 0.5) is 0 Å². The molecule has 0 amide bonds. The molecule has 0 N–H and O–H groups in total. The van der Waals surface area contributed by atoms with Crippen molar-refractivity contribution in [3.63, 3.8) is 0 Å². The number of rotatable bonds is 4. The van der Waals surface area contributed by atoms with E-state index in [0.29, 0.717) is 22.6 Å². The maximum absolute atomic E-state index is 12.0. The zero-order valence-electron chi connectivity index (χ0n) is 13.6. The second kappa shape index (κ2) is 7.05. The molecule has 0 saturated carbocycles. The van der Waals surface area contributed by atoms with Crippen LogP contribution in [0.25, 0.3) is 0 Å². The summed E-state index contributed by atoms with van der Waals surface area (Å²) in [6.07, 6.45) is 3.18. The minimum Gasteiger partial charge on any atom is -0.497 e. The normalized spacial score (nSPS) is 16.2.